The van der Waals surface area contributed by atoms with Gasteiger partial charge in [0.15, 0.2) is 5.69 Å². The van der Waals surface area contributed by atoms with Crippen LogP contribution in [0.3, 0.4) is 0 Å². The summed E-state index contributed by atoms with van der Waals surface area (Å²) in [6.45, 7) is 9.67. The van der Waals surface area contributed by atoms with Gasteiger partial charge in [-0.1, -0.05) is 27.7 Å². The van der Waals surface area contributed by atoms with E-state index in [4.69, 9.17) is 0 Å². The molecule has 1 aromatic heterocycles. The first kappa shape index (κ1) is 15.4. The van der Waals surface area contributed by atoms with Gasteiger partial charge in [-0.3, -0.25) is 4.79 Å². The molecule has 0 fully saturated rings. The van der Waals surface area contributed by atoms with Crippen molar-refractivity contribution in [2.24, 2.45) is 11.3 Å². The van der Waals surface area contributed by atoms with Crippen LogP contribution in [0, 0.1) is 11.3 Å². The Hall–Kier alpha value is -1.65. The molecule has 0 radical (unpaired) electrons. The minimum absolute atomic E-state index is 0.137. The molecule has 1 heterocycles. The van der Waals surface area contributed by atoms with Crippen molar-refractivity contribution in [2.45, 2.75) is 27.7 Å². The maximum atomic E-state index is 11.7. The van der Waals surface area contributed by atoms with Gasteiger partial charge in [0, 0.05) is 20.6 Å². The summed E-state index contributed by atoms with van der Waals surface area (Å²) in [5.41, 5.74) is 0.612. The number of anilines is 1. The van der Waals surface area contributed by atoms with Gasteiger partial charge in [-0.25, -0.2) is 0 Å². The van der Waals surface area contributed by atoms with Crippen LogP contribution in [0.25, 0.3) is 0 Å². The van der Waals surface area contributed by atoms with Gasteiger partial charge in [-0.15, -0.1) is 10.2 Å². The average Bonchev–Trinajstić information content (AvgIpc) is 2.34. The number of hydrogen-bond acceptors (Lipinski definition) is 4. The van der Waals surface area contributed by atoms with E-state index in [0.29, 0.717) is 17.4 Å². The lowest BCUT2D eigenvalue weighted by Crippen LogP contribution is -2.25. The van der Waals surface area contributed by atoms with Crippen molar-refractivity contribution in [1.82, 2.24) is 15.1 Å². The highest BCUT2D eigenvalue weighted by molar-refractivity contribution is 5.91. The first-order chi connectivity index (χ1) is 8.71. The number of carbonyl (C=O) groups is 1. The number of nitrogens with zero attached hydrogens (tertiary/aromatic N) is 3. The SMILES string of the molecule is CC(CNc1ccc(C(=O)N(C)C)nn1)C(C)(C)C. The number of aromatic nitrogens is 2. The summed E-state index contributed by atoms with van der Waals surface area (Å²) in [4.78, 5) is 13.1. The summed E-state index contributed by atoms with van der Waals surface area (Å²) < 4.78 is 0. The Balaban J connectivity index is 2.61. The van der Waals surface area contributed by atoms with Crippen LogP contribution in [0.5, 0.6) is 0 Å². The second-order valence-electron chi connectivity index (χ2n) is 6.15. The zero-order valence-electron chi connectivity index (χ0n) is 12.7. The molecule has 1 amide bonds. The van der Waals surface area contributed by atoms with Crippen LogP contribution in [0.15, 0.2) is 12.1 Å². The fourth-order valence-electron chi connectivity index (χ4n) is 1.33. The third-order valence-corrected chi connectivity index (χ3v) is 3.36. The van der Waals surface area contributed by atoms with E-state index < -0.39 is 0 Å². The molecular formula is C14H24N4O. The molecule has 0 aromatic carbocycles. The van der Waals surface area contributed by atoms with Crippen LogP contribution in [-0.4, -0.2) is 41.6 Å². The molecule has 0 aliphatic carbocycles. The Morgan fingerprint density at radius 2 is 1.95 bits per heavy atom. The highest BCUT2D eigenvalue weighted by atomic mass is 16.2. The Morgan fingerprint density at radius 3 is 2.37 bits per heavy atom. The van der Waals surface area contributed by atoms with Crippen LogP contribution in [0.4, 0.5) is 5.82 Å². The molecule has 1 rings (SSSR count). The lowest BCUT2D eigenvalue weighted by atomic mass is 9.82. The van der Waals surface area contributed by atoms with Gasteiger partial charge in [0.25, 0.3) is 5.91 Å². The fourth-order valence-corrected chi connectivity index (χ4v) is 1.33. The molecule has 0 aliphatic rings. The summed E-state index contributed by atoms with van der Waals surface area (Å²) in [5.74, 6) is 1.07. The van der Waals surface area contributed by atoms with Gasteiger partial charge >= 0.3 is 0 Å². The summed E-state index contributed by atoms with van der Waals surface area (Å²) in [6.07, 6.45) is 0. The number of nitrogens with one attached hydrogen (secondary N) is 1. The molecule has 0 spiro atoms. The molecule has 1 N–H and O–H groups in total. The van der Waals surface area contributed by atoms with Crippen LogP contribution >= 0.6 is 0 Å². The molecular weight excluding hydrogens is 240 g/mol. The number of rotatable bonds is 4. The third kappa shape index (κ3) is 4.50. The highest BCUT2D eigenvalue weighted by Gasteiger charge is 2.19. The largest absolute Gasteiger partial charge is 0.368 e. The Bertz CT molecular complexity index is 420. The molecule has 0 saturated carbocycles. The first-order valence-corrected chi connectivity index (χ1v) is 6.51. The van der Waals surface area contributed by atoms with Gasteiger partial charge < -0.3 is 10.2 Å². The van der Waals surface area contributed by atoms with Crippen molar-refractivity contribution in [3.05, 3.63) is 17.8 Å². The number of carbonyl (C=O) groups excluding carboxylic acids is 1. The average molecular weight is 264 g/mol. The second kappa shape index (κ2) is 5.99. The van der Waals surface area contributed by atoms with Crippen molar-refractivity contribution in [2.75, 3.05) is 26.0 Å². The maximum absolute atomic E-state index is 11.7. The van der Waals surface area contributed by atoms with E-state index in [1.165, 1.54) is 4.90 Å². The van der Waals surface area contributed by atoms with Gasteiger partial charge in [0.2, 0.25) is 0 Å². The van der Waals surface area contributed by atoms with Crippen molar-refractivity contribution >= 4 is 11.7 Å². The topological polar surface area (TPSA) is 58.1 Å². The van der Waals surface area contributed by atoms with Crippen LogP contribution in [0.2, 0.25) is 0 Å². The van der Waals surface area contributed by atoms with Crippen molar-refractivity contribution in [3.63, 3.8) is 0 Å². The van der Waals surface area contributed by atoms with Crippen LogP contribution in [0.1, 0.15) is 38.2 Å². The summed E-state index contributed by atoms with van der Waals surface area (Å²) in [7, 11) is 3.39. The van der Waals surface area contributed by atoms with Gasteiger partial charge in [0.05, 0.1) is 0 Å². The summed E-state index contributed by atoms with van der Waals surface area (Å²) >= 11 is 0. The number of hydrogen-bond donors (Lipinski definition) is 1. The van der Waals surface area contributed by atoms with Gasteiger partial charge in [-0.05, 0) is 23.5 Å². The smallest absolute Gasteiger partial charge is 0.273 e. The second-order valence-corrected chi connectivity index (χ2v) is 6.15. The van der Waals surface area contributed by atoms with Crippen molar-refractivity contribution in [1.29, 1.82) is 0 Å². The van der Waals surface area contributed by atoms with E-state index in [0.717, 1.165) is 6.54 Å². The van der Waals surface area contributed by atoms with E-state index in [1.807, 2.05) is 0 Å². The lowest BCUT2D eigenvalue weighted by molar-refractivity contribution is 0.0821. The van der Waals surface area contributed by atoms with Gasteiger partial charge in [0.1, 0.15) is 5.82 Å². The molecule has 0 saturated heterocycles. The predicted octanol–water partition coefficient (Wildman–Crippen LogP) is 2.27. The minimum atomic E-state index is -0.137. The highest BCUT2D eigenvalue weighted by Crippen LogP contribution is 2.25. The zero-order chi connectivity index (χ0) is 14.6. The molecule has 106 valence electrons. The normalized spacial score (nSPS) is 12.9. The summed E-state index contributed by atoms with van der Waals surface area (Å²) in [5, 5.41) is 11.2. The standard InChI is InChI=1S/C14H24N4O/c1-10(14(2,3)4)9-15-12-8-7-11(16-17-12)13(19)18(5)6/h7-8,10H,9H2,1-6H3,(H,15,17). The fraction of sp³-hybridized carbons (Fsp3) is 0.643. The van der Waals surface area contributed by atoms with Crippen molar-refractivity contribution < 1.29 is 4.79 Å². The van der Waals surface area contributed by atoms with Crippen molar-refractivity contribution in [3.8, 4) is 0 Å². The molecule has 1 aromatic rings. The first-order valence-electron chi connectivity index (χ1n) is 6.51. The monoisotopic (exact) mass is 264 g/mol. The third-order valence-electron chi connectivity index (χ3n) is 3.36. The van der Waals surface area contributed by atoms with E-state index in [1.54, 1.807) is 26.2 Å². The summed E-state index contributed by atoms with van der Waals surface area (Å²) in [6, 6.07) is 3.48. The van der Waals surface area contributed by atoms with E-state index in [-0.39, 0.29) is 11.3 Å². The predicted molar refractivity (Wildman–Crippen MR) is 77.2 cm³/mol. The van der Waals surface area contributed by atoms with E-state index in [9.17, 15) is 4.79 Å². The van der Waals surface area contributed by atoms with Gasteiger partial charge in [-0.2, -0.15) is 0 Å². The minimum Gasteiger partial charge on any atom is -0.368 e. The number of amides is 1. The lowest BCUT2D eigenvalue weighted by Gasteiger charge is -2.27. The Kier molecular flexibility index (Phi) is 4.86. The Labute approximate surface area is 115 Å². The molecule has 5 heteroatoms. The molecule has 0 aliphatic heterocycles. The van der Waals surface area contributed by atoms with Crippen LogP contribution in [-0.2, 0) is 0 Å². The molecule has 5 nitrogen and oxygen atoms in total. The molecule has 19 heavy (non-hydrogen) atoms. The van der Waals surface area contributed by atoms with E-state index in [2.05, 4.69) is 43.2 Å². The zero-order valence-corrected chi connectivity index (χ0v) is 12.7. The molecule has 0 bridgehead atoms. The Morgan fingerprint density at radius 1 is 1.32 bits per heavy atom. The molecule has 1 unspecified atom stereocenters. The van der Waals surface area contributed by atoms with Crippen LogP contribution < -0.4 is 5.32 Å². The molecule has 1 atom stereocenters. The maximum Gasteiger partial charge on any atom is 0.273 e. The van der Waals surface area contributed by atoms with E-state index >= 15 is 0 Å². The quantitative estimate of drug-likeness (QED) is 0.906.